The van der Waals surface area contributed by atoms with E-state index >= 15 is 4.39 Å². The molecule has 0 aliphatic carbocycles. The third-order valence-corrected chi connectivity index (χ3v) is 12.9. The van der Waals surface area contributed by atoms with Gasteiger partial charge in [-0.15, -0.1) is 0 Å². The van der Waals surface area contributed by atoms with Gasteiger partial charge in [0, 0.05) is 58.9 Å². The van der Waals surface area contributed by atoms with Gasteiger partial charge in [-0.05, 0) is 117 Å². The van der Waals surface area contributed by atoms with Gasteiger partial charge in [-0.25, -0.2) is 23.7 Å². The van der Waals surface area contributed by atoms with Gasteiger partial charge in [-0.2, -0.15) is 0 Å². The first kappa shape index (κ1) is 49.8. The van der Waals surface area contributed by atoms with Crippen molar-refractivity contribution in [2.45, 2.75) is 52.5 Å². The van der Waals surface area contributed by atoms with Gasteiger partial charge in [0.2, 0.25) is 11.8 Å². The van der Waals surface area contributed by atoms with Gasteiger partial charge < -0.3 is 25.3 Å². The lowest BCUT2D eigenvalue weighted by Gasteiger charge is -2.18. The van der Waals surface area contributed by atoms with Gasteiger partial charge in [0.05, 0.1) is 45.0 Å². The number of fused-ring (bicyclic) bond motifs is 2. The van der Waals surface area contributed by atoms with Crippen molar-refractivity contribution >= 4 is 68.1 Å². The molecule has 0 amide bonds. The summed E-state index contributed by atoms with van der Waals surface area (Å²) in [5, 5.41) is 45.8. The standard InChI is InChI=1S/C57H56ClFN6O6/c1-5-63(6-2)35-39-13-25-45(26-14-39)61-55(41-19-9-37(10-20-41)16-30-51(68)69)53-47-28-22-43(59)34-49(47)65(57(53)71)64-48-33-42(58)21-27-46(48)52(56(64)70)54(40-17-7-36(8-18-40)15-29-50(66)67)60-44-23-11-38(12-24-44)31-32-62(3)4/h7-14,17-28,33-34,70-71H,5-6,15-16,29-32,35H2,1-4H3,(H,66,67)(H,68,69). The summed E-state index contributed by atoms with van der Waals surface area (Å²) in [6, 6.07) is 39.6. The number of aliphatic imine (C=N–C) groups is 2. The maximum Gasteiger partial charge on any atom is 0.303 e. The quantitative estimate of drug-likeness (QED) is 0.0550. The maximum atomic E-state index is 15.7. The van der Waals surface area contributed by atoms with Gasteiger partial charge in [-0.1, -0.05) is 104 Å². The molecule has 0 aliphatic heterocycles. The molecule has 2 heterocycles. The first-order valence-corrected chi connectivity index (χ1v) is 24.0. The van der Waals surface area contributed by atoms with E-state index in [-0.39, 0.29) is 35.7 Å². The van der Waals surface area contributed by atoms with E-state index < -0.39 is 17.8 Å². The zero-order valence-electron chi connectivity index (χ0n) is 40.1. The van der Waals surface area contributed by atoms with Gasteiger partial charge in [0.1, 0.15) is 5.82 Å². The van der Waals surface area contributed by atoms with E-state index in [9.17, 15) is 30.0 Å². The smallest absolute Gasteiger partial charge is 0.303 e. The first-order valence-electron chi connectivity index (χ1n) is 23.6. The largest absolute Gasteiger partial charge is 0.493 e. The zero-order valence-corrected chi connectivity index (χ0v) is 40.9. The second-order valence-corrected chi connectivity index (χ2v) is 18.2. The SMILES string of the molecule is CCN(CC)Cc1ccc(N=C(c2ccc(CCC(=O)O)cc2)c2c(O)n(-n3c(O)c(C(=Nc4ccc(CCN(C)C)cc4)c4ccc(CCC(=O)O)cc4)c4ccc(Cl)cc43)c3cc(F)ccc23)cc1. The minimum atomic E-state index is -0.912. The lowest BCUT2D eigenvalue weighted by atomic mass is 9.98. The van der Waals surface area contributed by atoms with E-state index in [1.807, 2.05) is 111 Å². The summed E-state index contributed by atoms with van der Waals surface area (Å²) in [5.74, 6) is -3.13. The highest BCUT2D eigenvalue weighted by atomic mass is 35.5. The fourth-order valence-corrected chi connectivity index (χ4v) is 8.92. The molecule has 0 aliphatic rings. The summed E-state index contributed by atoms with van der Waals surface area (Å²) in [6.45, 7) is 7.66. The van der Waals surface area contributed by atoms with Gasteiger partial charge in [-0.3, -0.25) is 14.5 Å². The van der Waals surface area contributed by atoms with Crippen LogP contribution in [0.5, 0.6) is 11.8 Å². The molecule has 6 aromatic carbocycles. The summed E-state index contributed by atoms with van der Waals surface area (Å²) in [7, 11) is 4.04. The minimum absolute atomic E-state index is 0.0415. The van der Waals surface area contributed by atoms with E-state index in [2.05, 4.69) is 23.6 Å². The summed E-state index contributed by atoms with van der Waals surface area (Å²) >= 11 is 6.76. The number of carboxylic acids is 2. The topological polar surface area (TPSA) is 156 Å². The number of nitrogens with zero attached hydrogens (tertiary/aromatic N) is 6. The number of likely N-dealkylation sites (N-methyl/N-ethyl adjacent to an activating group) is 1. The van der Waals surface area contributed by atoms with Crippen molar-refractivity contribution in [1.29, 1.82) is 0 Å². The number of halogens is 2. The second kappa shape index (κ2) is 22.0. The molecule has 0 saturated carbocycles. The number of aromatic nitrogens is 2. The van der Waals surface area contributed by atoms with Crippen molar-refractivity contribution in [3.63, 3.8) is 0 Å². The molecule has 8 aromatic rings. The van der Waals surface area contributed by atoms with E-state index in [0.29, 0.717) is 73.6 Å². The Morgan fingerprint density at radius 1 is 0.577 bits per heavy atom. The third-order valence-electron chi connectivity index (χ3n) is 12.6. The molecule has 4 N–H and O–H groups in total. The van der Waals surface area contributed by atoms with Crippen LogP contribution in [-0.4, -0.2) is 96.7 Å². The Labute approximate surface area is 416 Å². The predicted octanol–water partition coefficient (Wildman–Crippen LogP) is 11.4. The van der Waals surface area contributed by atoms with Crippen molar-refractivity contribution in [2.24, 2.45) is 9.98 Å². The Morgan fingerprint density at radius 2 is 1.00 bits per heavy atom. The Morgan fingerprint density at radius 3 is 1.45 bits per heavy atom. The van der Waals surface area contributed by atoms with Crippen LogP contribution in [0.3, 0.4) is 0 Å². The summed E-state index contributed by atoms with van der Waals surface area (Å²) in [5.41, 5.74) is 8.04. The van der Waals surface area contributed by atoms with Crippen molar-refractivity contribution in [2.75, 3.05) is 33.7 Å². The zero-order chi connectivity index (χ0) is 50.3. The van der Waals surface area contributed by atoms with Crippen molar-refractivity contribution in [3.8, 4) is 11.8 Å². The molecule has 0 saturated heterocycles. The summed E-state index contributed by atoms with van der Waals surface area (Å²) in [6.07, 6.45) is 1.38. The summed E-state index contributed by atoms with van der Waals surface area (Å²) in [4.78, 5) is 37.7. The molecule has 71 heavy (non-hydrogen) atoms. The molecular formula is C57H56ClFN6O6. The van der Waals surface area contributed by atoms with Crippen molar-refractivity contribution in [1.82, 2.24) is 19.2 Å². The van der Waals surface area contributed by atoms with Crippen LogP contribution in [0, 0.1) is 5.82 Å². The number of hydrogen-bond acceptors (Lipinski definition) is 8. The van der Waals surface area contributed by atoms with Crippen LogP contribution < -0.4 is 0 Å². The first-order chi connectivity index (χ1) is 34.2. The maximum absolute atomic E-state index is 15.7. The second-order valence-electron chi connectivity index (χ2n) is 17.8. The average Bonchev–Trinajstić information content (AvgIpc) is 3.79. The molecule has 8 rings (SSSR count). The Bertz CT molecular complexity index is 3270. The Balaban J connectivity index is 1.36. The van der Waals surface area contributed by atoms with Gasteiger partial charge in [0.25, 0.3) is 0 Å². The van der Waals surface area contributed by atoms with Crippen LogP contribution in [0.1, 0.15) is 71.2 Å². The van der Waals surface area contributed by atoms with Crippen molar-refractivity contribution < 1.29 is 34.4 Å². The molecule has 0 spiro atoms. The number of benzene rings is 6. The molecule has 12 nitrogen and oxygen atoms in total. The lowest BCUT2D eigenvalue weighted by Crippen LogP contribution is -2.21. The van der Waals surface area contributed by atoms with Crippen LogP contribution in [0.2, 0.25) is 5.02 Å². The van der Waals surface area contributed by atoms with E-state index in [1.165, 1.54) is 21.5 Å². The number of aryl methyl sites for hydroxylation is 2. The van der Waals surface area contributed by atoms with Crippen LogP contribution in [-0.2, 0) is 35.4 Å². The monoisotopic (exact) mass is 974 g/mol. The Hall–Kier alpha value is -7.58. The number of carbonyl (C=O) groups is 2. The van der Waals surface area contributed by atoms with Gasteiger partial charge in [0.15, 0.2) is 0 Å². The van der Waals surface area contributed by atoms with Crippen LogP contribution >= 0.6 is 11.6 Å². The van der Waals surface area contributed by atoms with Gasteiger partial charge >= 0.3 is 11.9 Å². The highest BCUT2D eigenvalue weighted by Crippen LogP contribution is 2.42. The minimum Gasteiger partial charge on any atom is -0.493 e. The predicted molar refractivity (Wildman–Crippen MR) is 280 cm³/mol. The fraction of sp³-hybridized carbons (Fsp3) is 0.228. The van der Waals surface area contributed by atoms with E-state index in [0.717, 1.165) is 54.9 Å². The number of aromatic hydroxyl groups is 2. The van der Waals surface area contributed by atoms with E-state index in [4.69, 9.17) is 21.6 Å². The highest BCUT2D eigenvalue weighted by molar-refractivity contribution is 6.32. The number of hydrogen-bond donors (Lipinski definition) is 4. The molecule has 0 atom stereocenters. The molecule has 364 valence electrons. The summed E-state index contributed by atoms with van der Waals surface area (Å²) < 4.78 is 18.4. The molecular weight excluding hydrogens is 919 g/mol. The lowest BCUT2D eigenvalue weighted by molar-refractivity contribution is -0.138. The molecule has 14 heteroatoms. The molecule has 2 aromatic heterocycles. The van der Waals surface area contributed by atoms with Crippen LogP contribution in [0.4, 0.5) is 15.8 Å². The average molecular weight is 976 g/mol. The fourth-order valence-electron chi connectivity index (χ4n) is 8.76. The van der Waals surface area contributed by atoms with Crippen LogP contribution in [0.25, 0.3) is 21.8 Å². The Kier molecular flexibility index (Phi) is 15.5. The molecule has 0 bridgehead atoms. The number of carboxylic acid groups (broad SMARTS) is 2. The molecule has 0 unspecified atom stereocenters. The van der Waals surface area contributed by atoms with E-state index in [1.54, 1.807) is 24.3 Å². The van der Waals surface area contributed by atoms with Crippen molar-refractivity contribution in [3.05, 3.63) is 189 Å². The van der Waals surface area contributed by atoms with Crippen LogP contribution in [0.15, 0.2) is 143 Å². The normalized spacial score (nSPS) is 12.2. The molecule has 0 fully saturated rings. The number of rotatable bonds is 20. The number of aliphatic carboxylic acids is 2. The highest BCUT2D eigenvalue weighted by Gasteiger charge is 2.30. The third kappa shape index (κ3) is 11.4. The molecule has 0 radical (unpaired) electrons.